The Bertz CT molecular complexity index is 775. The second-order valence-corrected chi connectivity index (χ2v) is 7.99. The summed E-state index contributed by atoms with van der Waals surface area (Å²) in [6, 6.07) is 17.7. The molecule has 0 aromatic heterocycles. The number of aliphatic hydroxyl groups is 1. The Hall–Kier alpha value is -2.17. The molecule has 4 heteroatoms. The van der Waals surface area contributed by atoms with Gasteiger partial charge in [0.15, 0.2) is 0 Å². The van der Waals surface area contributed by atoms with Crippen LogP contribution < -0.4 is 4.90 Å². The lowest BCUT2D eigenvalue weighted by atomic mass is 9.97. The number of rotatable bonds is 5. The van der Waals surface area contributed by atoms with Crippen molar-refractivity contribution in [3.05, 3.63) is 59.7 Å². The lowest BCUT2D eigenvalue weighted by Crippen LogP contribution is -3.20. The Morgan fingerprint density at radius 3 is 2.04 bits per heavy atom. The summed E-state index contributed by atoms with van der Waals surface area (Å²) in [4.78, 5) is 7.12. The molecule has 4 rings (SSSR count). The highest BCUT2D eigenvalue weighted by Crippen LogP contribution is 2.36. The third-order valence-corrected chi connectivity index (χ3v) is 6.09. The molecule has 1 fully saturated rings. The molecule has 0 bridgehead atoms. The number of piperidine rings is 1. The van der Waals surface area contributed by atoms with E-state index in [0.717, 1.165) is 23.4 Å². The maximum Gasteiger partial charge on any atom is 0.148 e. The maximum absolute atomic E-state index is 10.5. The molecule has 4 atom stereocenters. The second-order valence-electron chi connectivity index (χ2n) is 7.99. The van der Waals surface area contributed by atoms with Crippen LogP contribution in [0.4, 0.5) is 0 Å². The number of nitrogens with one attached hydrogen (secondary N) is 1. The topological polar surface area (TPSA) is 46.3 Å². The maximum atomic E-state index is 10.5. The minimum Gasteiger partial charge on any atom is -0.392 e. The summed E-state index contributed by atoms with van der Waals surface area (Å²) in [7, 11) is 0. The quantitative estimate of drug-likeness (QED) is 0.683. The second kappa shape index (κ2) is 7.83. The summed E-state index contributed by atoms with van der Waals surface area (Å²) in [5, 5.41) is 14.9. The third kappa shape index (κ3) is 3.64. The first kappa shape index (κ1) is 18.2. The third-order valence-electron chi connectivity index (χ3n) is 6.09. The van der Waals surface area contributed by atoms with Gasteiger partial charge in [-0.2, -0.15) is 0 Å². The summed E-state index contributed by atoms with van der Waals surface area (Å²) in [6.45, 7) is 5.52. The van der Waals surface area contributed by atoms with E-state index in [-0.39, 0.29) is 6.61 Å². The van der Waals surface area contributed by atoms with Crippen molar-refractivity contribution in [1.29, 1.82) is 0 Å². The van der Waals surface area contributed by atoms with Gasteiger partial charge in [0, 0.05) is 11.1 Å². The Labute approximate surface area is 161 Å². The van der Waals surface area contributed by atoms with Crippen molar-refractivity contribution in [1.82, 2.24) is 0 Å². The number of fused-ring (bicyclic) bond motifs is 3. The summed E-state index contributed by atoms with van der Waals surface area (Å²) >= 11 is 0. The van der Waals surface area contributed by atoms with E-state index in [2.05, 4.69) is 43.3 Å². The molecule has 2 aromatic rings. The summed E-state index contributed by atoms with van der Waals surface area (Å²) < 4.78 is 0. The first-order valence-electron chi connectivity index (χ1n) is 10.1. The number of oxime groups is 1. The fraction of sp³-hybridized carbons (Fsp3) is 0.435. The number of quaternary nitrogens is 1. The number of likely N-dealkylation sites (tertiary alicyclic amines) is 1. The monoisotopic (exact) mass is 365 g/mol. The summed E-state index contributed by atoms with van der Waals surface area (Å²) in [5.41, 5.74) is 5.43. The van der Waals surface area contributed by atoms with E-state index in [1.807, 2.05) is 24.3 Å². The Kier molecular flexibility index (Phi) is 5.28. The molecule has 1 aliphatic heterocycles. The van der Waals surface area contributed by atoms with Gasteiger partial charge in [0.2, 0.25) is 0 Å². The molecule has 2 N–H and O–H groups in total. The molecule has 1 saturated heterocycles. The summed E-state index contributed by atoms with van der Waals surface area (Å²) in [6.07, 6.45) is 3.27. The predicted molar refractivity (Wildman–Crippen MR) is 108 cm³/mol. The number of hydrogen-bond donors (Lipinski definition) is 2. The van der Waals surface area contributed by atoms with E-state index in [4.69, 9.17) is 4.84 Å². The van der Waals surface area contributed by atoms with Crippen LogP contribution in [0.5, 0.6) is 0 Å². The van der Waals surface area contributed by atoms with Gasteiger partial charge >= 0.3 is 0 Å². The van der Waals surface area contributed by atoms with Crippen molar-refractivity contribution in [2.24, 2.45) is 5.16 Å². The van der Waals surface area contributed by atoms with Crippen molar-refractivity contribution in [3.8, 4) is 11.1 Å². The van der Waals surface area contributed by atoms with Crippen LogP contribution in [-0.2, 0) is 4.84 Å². The lowest BCUT2D eigenvalue weighted by Gasteiger charge is -2.36. The summed E-state index contributed by atoms with van der Waals surface area (Å²) in [5.74, 6) is 0. The van der Waals surface area contributed by atoms with E-state index in [1.54, 1.807) is 0 Å². The van der Waals surface area contributed by atoms with Gasteiger partial charge in [-0.25, -0.2) is 0 Å². The fourth-order valence-corrected chi connectivity index (χ4v) is 4.60. The zero-order chi connectivity index (χ0) is 18.8. The molecule has 1 aliphatic carbocycles. The van der Waals surface area contributed by atoms with Gasteiger partial charge in [-0.1, -0.05) is 53.7 Å². The molecule has 1 heterocycles. The highest BCUT2D eigenvalue weighted by atomic mass is 16.6. The van der Waals surface area contributed by atoms with Gasteiger partial charge in [0.25, 0.3) is 0 Å². The first-order valence-corrected chi connectivity index (χ1v) is 10.1. The van der Waals surface area contributed by atoms with Crippen molar-refractivity contribution < 1.29 is 14.8 Å². The van der Waals surface area contributed by atoms with Crippen LogP contribution >= 0.6 is 0 Å². The average molecular weight is 365 g/mol. The van der Waals surface area contributed by atoms with Gasteiger partial charge < -0.3 is 14.8 Å². The zero-order valence-electron chi connectivity index (χ0n) is 16.2. The van der Waals surface area contributed by atoms with Crippen LogP contribution in [0.3, 0.4) is 0 Å². The van der Waals surface area contributed by atoms with E-state index in [9.17, 15) is 5.11 Å². The van der Waals surface area contributed by atoms with Crippen molar-refractivity contribution in [3.63, 3.8) is 0 Å². The normalized spacial score (nSPS) is 24.9. The molecule has 0 radical (unpaired) electrons. The van der Waals surface area contributed by atoms with Crippen LogP contribution in [-0.4, -0.2) is 42.2 Å². The van der Waals surface area contributed by atoms with Gasteiger partial charge in [-0.3, -0.25) is 0 Å². The van der Waals surface area contributed by atoms with Crippen molar-refractivity contribution >= 4 is 5.71 Å². The van der Waals surface area contributed by atoms with Gasteiger partial charge in [0.05, 0.1) is 12.1 Å². The highest BCUT2D eigenvalue weighted by Gasteiger charge is 2.30. The average Bonchev–Trinajstić information content (AvgIpc) is 2.99. The van der Waals surface area contributed by atoms with Crippen molar-refractivity contribution in [2.45, 2.75) is 51.3 Å². The number of benzene rings is 2. The molecule has 0 spiro atoms. The Morgan fingerprint density at radius 1 is 0.963 bits per heavy atom. The molecule has 1 unspecified atom stereocenters. The SMILES string of the molecule is C[C@@H]1CCC[C@H](C)[NH+]1C[C@H](O)CON=C1c2ccccc2-c2ccccc21. The number of hydrogen-bond acceptors (Lipinski definition) is 3. The minimum absolute atomic E-state index is 0.233. The van der Waals surface area contributed by atoms with Crippen molar-refractivity contribution in [2.75, 3.05) is 13.2 Å². The minimum atomic E-state index is -0.501. The van der Waals surface area contributed by atoms with Gasteiger partial charge in [-0.05, 0) is 44.2 Å². The number of nitrogens with zero attached hydrogens (tertiary/aromatic N) is 1. The molecule has 2 aliphatic rings. The van der Waals surface area contributed by atoms with E-state index in [1.165, 1.54) is 35.3 Å². The largest absolute Gasteiger partial charge is 0.392 e. The standard InChI is InChI=1S/C23H28N2O2/c1-16-8-7-9-17(2)25(16)14-18(26)15-27-24-23-21-12-5-3-10-19(21)20-11-4-6-13-22(20)23/h3-6,10-13,16-18,26H,7-9,14-15H2,1-2H3/p+1/t16-,17+,18-/m0/s1. The van der Waals surface area contributed by atoms with Crippen LogP contribution in [0.2, 0.25) is 0 Å². The molecule has 0 amide bonds. The molecular formula is C23H29N2O2+. The molecule has 0 saturated carbocycles. The molecule has 142 valence electrons. The van der Waals surface area contributed by atoms with E-state index < -0.39 is 6.10 Å². The van der Waals surface area contributed by atoms with Crippen LogP contribution in [0.25, 0.3) is 11.1 Å². The predicted octanol–water partition coefficient (Wildman–Crippen LogP) is 2.64. The number of aliphatic hydroxyl groups excluding tert-OH is 1. The highest BCUT2D eigenvalue weighted by molar-refractivity contribution is 6.24. The molecular weight excluding hydrogens is 336 g/mol. The van der Waals surface area contributed by atoms with E-state index in [0.29, 0.717) is 12.1 Å². The van der Waals surface area contributed by atoms with Crippen LogP contribution in [0.15, 0.2) is 53.7 Å². The fourth-order valence-electron chi connectivity index (χ4n) is 4.60. The Balaban J connectivity index is 1.44. The van der Waals surface area contributed by atoms with E-state index >= 15 is 0 Å². The first-order chi connectivity index (χ1) is 13.1. The molecule has 27 heavy (non-hydrogen) atoms. The van der Waals surface area contributed by atoms with Crippen LogP contribution in [0.1, 0.15) is 44.2 Å². The smallest absolute Gasteiger partial charge is 0.148 e. The molecule has 2 aromatic carbocycles. The lowest BCUT2D eigenvalue weighted by molar-refractivity contribution is -0.954. The van der Waals surface area contributed by atoms with Crippen LogP contribution in [0, 0.1) is 0 Å². The van der Waals surface area contributed by atoms with Gasteiger partial charge in [0.1, 0.15) is 25.0 Å². The zero-order valence-corrected chi connectivity index (χ0v) is 16.2. The van der Waals surface area contributed by atoms with Gasteiger partial charge in [-0.15, -0.1) is 0 Å². The Morgan fingerprint density at radius 2 is 1.48 bits per heavy atom. The molecule has 4 nitrogen and oxygen atoms in total.